The summed E-state index contributed by atoms with van der Waals surface area (Å²) in [6, 6.07) is -0.519. The van der Waals surface area contributed by atoms with Crippen LogP contribution in [0, 0.1) is 0 Å². The highest BCUT2D eigenvalue weighted by Crippen LogP contribution is 1.96. The van der Waals surface area contributed by atoms with E-state index in [9.17, 15) is 14.4 Å². The Morgan fingerprint density at radius 2 is 2.27 bits per heavy atom. The molecule has 0 aromatic rings. The average molecular weight is 215 g/mol. The lowest BCUT2D eigenvalue weighted by molar-refractivity contribution is -0.135. The molecular weight excluding hydrogens is 202 g/mol. The Morgan fingerprint density at radius 1 is 1.53 bits per heavy atom. The molecule has 0 aromatic carbocycles. The highest BCUT2D eigenvalue weighted by molar-refractivity contribution is 5.85. The molecule has 0 spiro atoms. The van der Waals surface area contributed by atoms with Crippen molar-refractivity contribution in [1.29, 1.82) is 0 Å². The van der Waals surface area contributed by atoms with Crippen LogP contribution < -0.4 is 10.6 Å². The van der Waals surface area contributed by atoms with Crippen LogP contribution in [-0.4, -0.2) is 54.1 Å². The van der Waals surface area contributed by atoms with Crippen molar-refractivity contribution in [2.45, 2.75) is 6.42 Å². The molecule has 7 nitrogen and oxygen atoms in total. The normalized spacial score (nSPS) is 16.5. The van der Waals surface area contributed by atoms with Gasteiger partial charge in [-0.05, 0) is 6.42 Å². The first kappa shape index (κ1) is 11.3. The second-order valence-corrected chi connectivity index (χ2v) is 3.18. The average Bonchev–Trinajstić information content (AvgIpc) is 2.39. The second-order valence-electron chi connectivity index (χ2n) is 3.18. The maximum absolute atomic E-state index is 11.4. The van der Waals surface area contributed by atoms with E-state index in [1.54, 1.807) is 0 Å². The van der Waals surface area contributed by atoms with Crippen molar-refractivity contribution in [3.63, 3.8) is 0 Å². The van der Waals surface area contributed by atoms with Gasteiger partial charge in [-0.3, -0.25) is 9.59 Å². The number of carbonyl (C=O) groups is 3. The fraction of sp³-hybridized carbons (Fsp3) is 0.625. The zero-order valence-electron chi connectivity index (χ0n) is 8.15. The Morgan fingerprint density at radius 3 is 2.93 bits per heavy atom. The van der Waals surface area contributed by atoms with E-state index in [-0.39, 0.29) is 12.5 Å². The molecule has 1 aliphatic heterocycles. The van der Waals surface area contributed by atoms with Gasteiger partial charge in [-0.15, -0.1) is 0 Å². The van der Waals surface area contributed by atoms with Gasteiger partial charge in [0.2, 0.25) is 5.91 Å². The van der Waals surface area contributed by atoms with Gasteiger partial charge in [-0.2, -0.15) is 0 Å². The van der Waals surface area contributed by atoms with Crippen molar-refractivity contribution in [3.8, 4) is 0 Å². The van der Waals surface area contributed by atoms with Crippen molar-refractivity contribution in [3.05, 3.63) is 0 Å². The number of carboxylic acids is 1. The van der Waals surface area contributed by atoms with E-state index in [1.807, 2.05) is 0 Å². The first-order chi connectivity index (χ1) is 7.09. The van der Waals surface area contributed by atoms with Crippen molar-refractivity contribution < 1.29 is 19.5 Å². The Labute approximate surface area is 86.4 Å². The zero-order chi connectivity index (χ0) is 11.3. The van der Waals surface area contributed by atoms with Gasteiger partial charge < -0.3 is 20.6 Å². The van der Waals surface area contributed by atoms with E-state index in [4.69, 9.17) is 5.11 Å². The van der Waals surface area contributed by atoms with Gasteiger partial charge in [0.25, 0.3) is 0 Å². The van der Waals surface area contributed by atoms with Gasteiger partial charge in [0.05, 0.1) is 0 Å². The number of carbonyl (C=O) groups excluding carboxylic acids is 2. The predicted molar refractivity (Wildman–Crippen MR) is 50.2 cm³/mol. The van der Waals surface area contributed by atoms with E-state index in [2.05, 4.69) is 10.6 Å². The molecule has 15 heavy (non-hydrogen) atoms. The lowest BCUT2D eigenvalue weighted by atomic mass is 10.4. The minimum atomic E-state index is -1.11. The van der Waals surface area contributed by atoms with Crippen LogP contribution in [0.25, 0.3) is 0 Å². The standard InChI is InChI=1S/C8H13N3O4/c12-6-5-11(3-1-2-9-6)8(15)10-4-7(13)14/h1-5H2,(H,9,12)(H,10,15)(H,13,14). The number of nitrogens with one attached hydrogen (secondary N) is 2. The van der Waals surface area contributed by atoms with E-state index < -0.39 is 18.5 Å². The van der Waals surface area contributed by atoms with Crippen molar-refractivity contribution in [1.82, 2.24) is 15.5 Å². The first-order valence-electron chi connectivity index (χ1n) is 4.61. The van der Waals surface area contributed by atoms with E-state index in [1.165, 1.54) is 4.90 Å². The van der Waals surface area contributed by atoms with Crippen molar-refractivity contribution in [2.75, 3.05) is 26.2 Å². The van der Waals surface area contributed by atoms with E-state index >= 15 is 0 Å². The first-order valence-corrected chi connectivity index (χ1v) is 4.61. The number of urea groups is 1. The molecule has 7 heteroatoms. The molecule has 1 aliphatic rings. The van der Waals surface area contributed by atoms with Crippen molar-refractivity contribution >= 4 is 17.9 Å². The van der Waals surface area contributed by atoms with Crippen LogP contribution in [0.5, 0.6) is 0 Å². The molecular formula is C8H13N3O4. The maximum atomic E-state index is 11.4. The lowest BCUT2D eigenvalue weighted by Crippen LogP contribution is -2.44. The van der Waals surface area contributed by atoms with Crippen LogP contribution in [0.2, 0.25) is 0 Å². The summed E-state index contributed by atoms with van der Waals surface area (Å²) in [5.74, 6) is -1.33. The van der Waals surface area contributed by atoms with Gasteiger partial charge in [0.15, 0.2) is 0 Å². The summed E-state index contributed by atoms with van der Waals surface area (Å²) >= 11 is 0. The van der Waals surface area contributed by atoms with Gasteiger partial charge >= 0.3 is 12.0 Å². The highest BCUT2D eigenvalue weighted by atomic mass is 16.4. The van der Waals surface area contributed by atoms with Gasteiger partial charge in [0.1, 0.15) is 13.1 Å². The van der Waals surface area contributed by atoms with Crippen molar-refractivity contribution in [2.24, 2.45) is 0 Å². The summed E-state index contributed by atoms with van der Waals surface area (Å²) in [7, 11) is 0. The molecule has 84 valence electrons. The molecule has 1 fully saturated rings. The molecule has 1 heterocycles. The minimum absolute atomic E-state index is 0.0224. The number of rotatable bonds is 2. The fourth-order valence-electron chi connectivity index (χ4n) is 1.24. The van der Waals surface area contributed by atoms with Gasteiger partial charge in [-0.25, -0.2) is 4.79 Å². The molecule has 3 amide bonds. The molecule has 1 rings (SSSR count). The van der Waals surface area contributed by atoms with Crippen LogP contribution >= 0.6 is 0 Å². The number of amides is 3. The SMILES string of the molecule is O=C(O)CNC(=O)N1CCCNC(=O)C1. The topological polar surface area (TPSA) is 98.7 Å². The number of aliphatic carboxylic acids is 1. The third-order valence-corrected chi connectivity index (χ3v) is 1.94. The van der Waals surface area contributed by atoms with E-state index in [0.29, 0.717) is 19.5 Å². The highest BCUT2D eigenvalue weighted by Gasteiger charge is 2.19. The maximum Gasteiger partial charge on any atom is 0.323 e. The summed E-state index contributed by atoms with van der Waals surface area (Å²) in [5.41, 5.74) is 0. The minimum Gasteiger partial charge on any atom is -0.480 e. The smallest absolute Gasteiger partial charge is 0.323 e. The van der Waals surface area contributed by atoms with Crippen LogP contribution in [0.4, 0.5) is 4.79 Å². The second kappa shape index (κ2) is 5.18. The Balaban J connectivity index is 2.42. The monoisotopic (exact) mass is 215 g/mol. The molecule has 0 unspecified atom stereocenters. The summed E-state index contributed by atoms with van der Waals surface area (Å²) in [6.07, 6.45) is 0.673. The third-order valence-electron chi connectivity index (χ3n) is 1.94. The summed E-state index contributed by atoms with van der Waals surface area (Å²) in [6.45, 7) is 0.536. The quantitative estimate of drug-likeness (QED) is 0.527. The molecule has 0 bridgehead atoms. The molecule has 0 radical (unpaired) electrons. The van der Waals surface area contributed by atoms with Crippen LogP contribution in [0.3, 0.4) is 0 Å². The lowest BCUT2D eigenvalue weighted by Gasteiger charge is -2.18. The Kier molecular flexibility index (Phi) is 3.90. The zero-order valence-corrected chi connectivity index (χ0v) is 8.15. The van der Waals surface area contributed by atoms with Gasteiger partial charge in [0, 0.05) is 13.1 Å². The third kappa shape index (κ3) is 3.84. The molecule has 0 atom stereocenters. The van der Waals surface area contributed by atoms with E-state index in [0.717, 1.165) is 0 Å². The summed E-state index contributed by atoms with van der Waals surface area (Å²) < 4.78 is 0. The number of hydrogen-bond donors (Lipinski definition) is 3. The van der Waals surface area contributed by atoms with Gasteiger partial charge in [-0.1, -0.05) is 0 Å². The molecule has 3 N–H and O–H groups in total. The van der Waals surface area contributed by atoms with Crippen LogP contribution in [0.15, 0.2) is 0 Å². The molecule has 0 aromatic heterocycles. The number of carboxylic acid groups (broad SMARTS) is 1. The predicted octanol–water partition coefficient (Wildman–Crippen LogP) is -1.40. The van der Waals surface area contributed by atoms with Crippen LogP contribution in [-0.2, 0) is 9.59 Å². The molecule has 0 aliphatic carbocycles. The molecule has 1 saturated heterocycles. The summed E-state index contributed by atoms with van der Waals surface area (Å²) in [4.78, 5) is 34.0. The fourth-order valence-corrected chi connectivity index (χ4v) is 1.24. The van der Waals surface area contributed by atoms with Crippen LogP contribution in [0.1, 0.15) is 6.42 Å². The Bertz CT molecular complexity index is 279. The summed E-state index contributed by atoms with van der Waals surface area (Å²) in [5, 5.41) is 13.2. The Hall–Kier alpha value is -1.79. The number of hydrogen-bond acceptors (Lipinski definition) is 3. The molecule has 0 saturated carbocycles. The largest absolute Gasteiger partial charge is 0.480 e. The number of nitrogens with zero attached hydrogens (tertiary/aromatic N) is 1.